The topological polar surface area (TPSA) is 76.9 Å². The molecule has 2 aromatic rings. The molecule has 0 amide bonds. The number of hydrogen-bond donors (Lipinski definition) is 2. The maximum Gasteiger partial charge on any atom is 0.250 e. The summed E-state index contributed by atoms with van der Waals surface area (Å²) in [7, 11) is 1.64. The van der Waals surface area contributed by atoms with Gasteiger partial charge in [0, 0.05) is 31.4 Å². The molecule has 0 atom stereocenters. The van der Waals surface area contributed by atoms with E-state index < -0.39 is 0 Å². The number of benzene rings is 1. The molecule has 158 valence electrons. The van der Waals surface area contributed by atoms with E-state index in [4.69, 9.17) is 9.47 Å². The number of unbranched alkanes of at least 4 members (excludes halogenated alkanes) is 1. The predicted molar refractivity (Wildman–Crippen MR) is 117 cm³/mol. The van der Waals surface area contributed by atoms with E-state index in [0.29, 0.717) is 19.7 Å². The van der Waals surface area contributed by atoms with Crippen molar-refractivity contribution in [2.45, 2.75) is 33.2 Å². The van der Waals surface area contributed by atoms with Crippen LogP contribution in [0.25, 0.3) is 0 Å². The first-order valence-corrected chi connectivity index (χ1v) is 10.1. The SMILES string of the molecule is CCNC(=NCCCCn1c(C)cccc1=O)NCCOc1ccc(OC)cc1. The van der Waals surface area contributed by atoms with Crippen LogP contribution in [0.15, 0.2) is 52.3 Å². The van der Waals surface area contributed by atoms with Crippen molar-refractivity contribution in [1.82, 2.24) is 15.2 Å². The third kappa shape index (κ3) is 7.89. The Kier molecular flexibility index (Phi) is 9.62. The first-order chi connectivity index (χ1) is 14.1. The highest BCUT2D eigenvalue weighted by molar-refractivity contribution is 5.79. The van der Waals surface area contributed by atoms with Gasteiger partial charge in [-0.2, -0.15) is 0 Å². The average molecular weight is 401 g/mol. The number of aliphatic imine (C=N–C) groups is 1. The Morgan fingerprint density at radius 2 is 1.83 bits per heavy atom. The van der Waals surface area contributed by atoms with E-state index in [-0.39, 0.29) is 5.56 Å². The molecule has 0 aliphatic heterocycles. The number of aryl methyl sites for hydroxylation is 1. The molecule has 2 N–H and O–H groups in total. The fourth-order valence-electron chi connectivity index (χ4n) is 2.83. The molecule has 0 unspecified atom stereocenters. The second kappa shape index (κ2) is 12.5. The standard InChI is InChI=1S/C22H32N4O3/c1-4-23-22(25-15-17-29-20-12-10-19(28-3)11-13-20)24-14-5-6-16-26-18(2)8-7-9-21(26)27/h7-13H,4-6,14-17H2,1-3H3,(H2,23,24,25). The minimum atomic E-state index is 0.0559. The summed E-state index contributed by atoms with van der Waals surface area (Å²) in [6.45, 7) is 7.40. The van der Waals surface area contributed by atoms with Gasteiger partial charge in [0.2, 0.25) is 0 Å². The van der Waals surface area contributed by atoms with Crippen molar-refractivity contribution in [2.24, 2.45) is 4.99 Å². The Morgan fingerprint density at radius 3 is 2.52 bits per heavy atom. The van der Waals surface area contributed by atoms with E-state index in [1.165, 1.54) is 0 Å². The van der Waals surface area contributed by atoms with E-state index in [0.717, 1.165) is 49.1 Å². The fraction of sp³-hybridized carbons (Fsp3) is 0.455. The van der Waals surface area contributed by atoms with Gasteiger partial charge in [0.1, 0.15) is 18.1 Å². The number of rotatable bonds is 11. The number of methoxy groups -OCH3 is 1. The maximum atomic E-state index is 11.9. The summed E-state index contributed by atoms with van der Waals surface area (Å²) in [6.07, 6.45) is 1.83. The summed E-state index contributed by atoms with van der Waals surface area (Å²) in [5.41, 5.74) is 1.05. The van der Waals surface area contributed by atoms with Crippen LogP contribution in [-0.2, 0) is 6.54 Å². The largest absolute Gasteiger partial charge is 0.497 e. The van der Waals surface area contributed by atoms with Gasteiger partial charge in [-0.15, -0.1) is 0 Å². The molecule has 1 aromatic carbocycles. The highest BCUT2D eigenvalue weighted by Gasteiger charge is 2.00. The van der Waals surface area contributed by atoms with Gasteiger partial charge in [-0.05, 0) is 57.0 Å². The van der Waals surface area contributed by atoms with Crippen LogP contribution in [0.4, 0.5) is 0 Å². The van der Waals surface area contributed by atoms with E-state index in [1.54, 1.807) is 19.2 Å². The van der Waals surface area contributed by atoms with Crippen molar-refractivity contribution < 1.29 is 9.47 Å². The molecule has 0 aliphatic rings. The minimum absolute atomic E-state index is 0.0559. The normalized spacial score (nSPS) is 11.2. The number of guanidine groups is 1. The van der Waals surface area contributed by atoms with Gasteiger partial charge >= 0.3 is 0 Å². The molecule has 0 saturated heterocycles. The molecule has 0 aliphatic carbocycles. The molecule has 29 heavy (non-hydrogen) atoms. The van der Waals surface area contributed by atoms with Gasteiger partial charge in [-0.3, -0.25) is 9.79 Å². The van der Waals surface area contributed by atoms with Gasteiger partial charge < -0.3 is 24.7 Å². The number of aromatic nitrogens is 1. The molecule has 1 heterocycles. The molecule has 7 heteroatoms. The van der Waals surface area contributed by atoms with E-state index in [2.05, 4.69) is 15.6 Å². The van der Waals surface area contributed by atoms with Crippen LogP contribution in [0.5, 0.6) is 11.5 Å². The van der Waals surface area contributed by atoms with Crippen molar-refractivity contribution in [3.63, 3.8) is 0 Å². The third-order valence-corrected chi connectivity index (χ3v) is 4.39. The van der Waals surface area contributed by atoms with E-state index in [1.807, 2.05) is 48.7 Å². The Bertz CT molecular complexity index is 816. The summed E-state index contributed by atoms with van der Waals surface area (Å²) in [6, 6.07) is 12.9. The molecular weight excluding hydrogens is 368 g/mol. The average Bonchev–Trinajstić information content (AvgIpc) is 2.73. The van der Waals surface area contributed by atoms with Crippen molar-refractivity contribution >= 4 is 5.96 Å². The van der Waals surface area contributed by atoms with Crippen molar-refractivity contribution in [3.8, 4) is 11.5 Å². The van der Waals surface area contributed by atoms with Gasteiger partial charge in [-0.1, -0.05) is 6.07 Å². The Balaban J connectivity index is 1.69. The second-order valence-electron chi connectivity index (χ2n) is 6.58. The lowest BCUT2D eigenvalue weighted by Crippen LogP contribution is -2.39. The van der Waals surface area contributed by atoms with Crippen LogP contribution < -0.4 is 25.7 Å². The van der Waals surface area contributed by atoms with Crippen LogP contribution in [0.1, 0.15) is 25.5 Å². The highest BCUT2D eigenvalue weighted by Crippen LogP contribution is 2.16. The van der Waals surface area contributed by atoms with Gasteiger partial charge in [0.25, 0.3) is 5.56 Å². The lowest BCUT2D eigenvalue weighted by atomic mass is 10.3. The fourth-order valence-corrected chi connectivity index (χ4v) is 2.83. The third-order valence-electron chi connectivity index (χ3n) is 4.39. The predicted octanol–water partition coefficient (Wildman–Crippen LogP) is 2.58. The molecule has 0 radical (unpaired) electrons. The van der Waals surface area contributed by atoms with Gasteiger partial charge in [-0.25, -0.2) is 0 Å². The monoisotopic (exact) mass is 400 g/mol. The Labute approximate surface area is 172 Å². The molecule has 2 rings (SSSR count). The van der Waals surface area contributed by atoms with E-state index in [9.17, 15) is 4.79 Å². The number of hydrogen-bond acceptors (Lipinski definition) is 4. The van der Waals surface area contributed by atoms with Crippen LogP contribution in [0.3, 0.4) is 0 Å². The van der Waals surface area contributed by atoms with Crippen LogP contribution >= 0.6 is 0 Å². The summed E-state index contributed by atoms with van der Waals surface area (Å²) in [5.74, 6) is 2.39. The Hall–Kier alpha value is -2.96. The Morgan fingerprint density at radius 1 is 1.07 bits per heavy atom. The zero-order valence-electron chi connectivity index (χ0n) is 17.6. The summed E-state index contributed by atoms with van der Waals surface area (Å²) in [5, 5.41) is 6.51. The molecule has 0 fully saturated rings. The summed E-state index contributed by atoms with van der Waals surface area (Å²) < 4.78 is 12.7. The first-order valence-electron chi connectivity index (χ1n) is 10.1. The first kappa shape index (κ1) is 22.3. The van der Waals surface area contributed by atoms with Crippen molar-refractivity contribution in [3.05, 3.63) is 58.5 Å². The minimum Gasteiger partial charge on any atom is -0.497 e. The zero-order valence-corrected chi connectivity index (χ0v) is 17.6. The van der Waals surface area contributed by atoms with Crippen LogP contribution in [0, 0.1) is 6.92 Å². The molecule has 7 nitrogen and oxygen atoms in total. The van der Waals surface area contributed by atoms with E-state index >= 15 is 0 Å². The van der Waals surface area contributed by atoms with Gasteiger partial charge in [0.05, 0.1) is 13.7 Å². The summed E-state index contributed by atoms with van der Waals surface area (Å²) in [4.78, 5) is 16.5. The molecule has 1 aromatic heterocycles. The van der Waals surface area contributed by atoms with Crippen molar-refractivity contribution in [2.75, 3.05) is 33.4 Å². The number of nitrogens with zero attached hydrogens (tertiary/aromatic N) is 2. The maximum absolute atomic E-state index is 11.9. The lowest BCUT2D eigenvalue weighted by molar-refractivity contribution is 0.321. The molecule has 0 spiro atoms. The van der Waals surface area contributed by atoms with Crippen molar-refractivity contribution in [1.29, 1.82) is 0 Å². The molecule has 0 bridgehead atoms. The molecule has 0 saturated carbocycles. The number of ether oxygens (including phenoxy) is 2. The zero-order chi connectivity index (χ0) is 20.9. The summed E-state index contributed by atoms with van der Waals surface area (Å²) >= 11 is 0. The number of nitrogens with one attached hydrogen (secondary N) is 2. The van der Waals surface area contributed by atoms with Gasteiger partial charge in [0.15, 0.2) is 5.96 Å². The smallest absolute Gasteiger partial charge is 0.250 e. The highest BCUT2D eigenvalue weighted by atomic mass is 16.5. The quantitative estimate of drug-likeness (QED) is 0.344. The molecular formula is C22H32N4O3. The second-order valence-corrected chi connectivity index (χ2v) is 6.58. The number of pyridine rings is 1. The van der Waals surface area contributed by atoms with Crippen LogP contribution in [-0.4, -0.2) is 43.9 Å². The lowest BCUT2D eigenvalue weighted by Gasteiger charge is -2.12. The van der Waals surface area contributed by atoms with Crippen LogP contribution in [0.2, 0.25) is 0 Å².